The molecule has 27 heavy (non-hydrogen) atoms. The summed E-state index contributed by atoms with van der Waals surface area (Å²) in [6, 6.07) is 7.91. The molecule has 0 heterocycles. The smallest absolute Gasteiger partial charge is 0.328 e. The predicted molar refractivity (Wildman–Crippen MR) is 93.7 cm³/mol. The second-order valence-corrected chi connectivity index (χ2v) is 5.20. The van der Waals surface area contributed by atoms with E-state index in [-0.39, 0.29) is 12.4 Å². The molecule has 10 nitrogen and oxygen atoms in total. The second-order valence-electron chi connectivity index (χ2n) is 5.20. The Kier molecular flexibility index (Phi) is 6.05. The number of non-ortho nitro benzene ring substituents is 1. The largest absolute Gasteiger partial charge is 0.496 e. The molecule has 0 spiro atoms. The van der Waals surface area contributed by atoms with E-state index in [1.54, 1.807) is 18.2 Å². The van der Waals surface area contributed by atoms with Gasteiger partial charge in [-0.05, 0) is 29.8 Å². The van der Waals surface area contributed by atoms with Crippen LogP contribution in [0.5, 0.6) is 11.5 Å². The Morgan fingerprint density at radius 3 is 2.41 bits per heavy atom. The average molecular weight is 374 g/mol. The van der Waals surface area contributed by atoms with Crippen LogP contribution < -0.4 is 9.47 Å². The van der Waals surface area contributed by atoms with Gasteiger partial charge in [-0.3, -0.25) is 20.2 Å². The van der Waals surface area contributed by atoms with Crippen molar-refractivity contribution in [2.75, 3.05) is 7.11 Å². The Labute approximate surface area is 152 Å². The van der Waals surface area contributed by atoms with Gasteiger partial charge in [0.25, 0.3) is 5.69 Å². The zero-order chi connectivity index (χ0) is 20.0. The molecule has 1 N–H and O–H groups in total. The van der Waals surface area contributed by atoms with Gasteiger partial charge in [0.1, 0.15) is 12.4 Å². The molecule has 0 saturated carbocycles. The lowest BCUT2D eigenvalue weighted by Gasteiger charge is -2.11. The maximum atomic E-state index is 11.1. The van der Waals surface area contributed by atoms with E-state index >= 15 is 0 Å². The van der Waals surface area contributed by atoms with E-state index < -0.39 is 27.2 Å². The van der Waals surface area contributed by atoms with E-state index in [0.717, 1.165) is 24.3 Å². The molecule has 0 atom stereocenters. The Balaban J connectivity index is 2.30. The van der Waals surface area contributed by atoms with Crippen molar-refractivity contribution in [3.63, 3.8) is 0 Å². The number of nitro benzene ring substituents is 2. The summed E-state index contributed by atoms with van der Waals surface area (Å²) in [5, 5.41) is 30.6. The third kappa shape index (κ3) is 5.01. The molecule has 140 valence electrons. The predicted octanol–water partition coefficient (Wildman–Crippen LogP) is 3.19. The molecule has 2 aromatic carbocycles. The Bertz CT molecular complexity index is 923. The first kappa shape index (κ1) is 19.4. The van der Waals surface area contributed by atoms with Crippen LogP contribution in [0.4, 0.5) is 11.4 Å². The molecular weight excluding hydrogens is 360 g/mol. The molecule has 2 aromatic rings. The SMILES string of the molecule is COc1ccc(C=CC(=O)O)cc1COc1ccc([N+](=O)[O-])cc1[N+](=O)[O-]. The fourth-order valence-corrected chi connectivity index (χ4v) is 2.22. The molecule has 0 aliphatic carbocycles. The van der Waals surface area contributed by atoms with Crippen LogP contribution in [0.25, 0.3) is 6.08 Å². The summed E-state index contributed by atoms with van der Waals surface area (Å²) in [5.74, 6) is -0.809. The zero-order valence-electron chi connectivity index (χ0n) is 14.0. The van der Waals surface area contributed by atoms with Crippen LogP contribution in [0.1, 0.15) is 11.1 Å². The first-order valence-electron chi connectivity index (χ1n) is 7.45. The van der Waals surface area contributed by atoms with E-state index in [1.165, 1.54) is 13.2 Å². The Morgan fingerprint density at radius 2 is 1.81 bits per heavy atom. The molecule has 10 heteroatoms. The summed E-state index contributed by atoms with van der Waals surface area (Å²) >= 11 is 0. The van der Waals surface area contributed by atoms with Crippen molar-refractivity contribution >= 4 is 23.4 Å². The molecule has 0 aliphatic rings. The molecule has 0 unspecified atom stereocenters. The maximum absolute atomic E-state index is 11.1. The lowest BCUT2D eigenvalue weighted by Crippen LogP contribution is -2.02. The van der Waals surface area contributed by atoms with Gasteiger partial charge < -0.3 is 14.6 Å². The molecule has 2 rings (SSSR count). The van der Waals surface area contributed by atoms with E-state index in [1.807, 2.05) is 0 Å². The highest BCUT2D eigenvalue weighted by Crippen LogP contribution is 2.32. The number of aliphatic carboxylic acids is 1. The highest BCUT2D eigenvalue weighted by atomic mass is 16.6. The van der Waals surface area contributed by atoms with Gasteiger partial charge >= 0.3 is 11.7 Å². The van der Waals surface area contributed by atoms with E-state index in [2.05, 4.69) is 0 Å². The number of carboxylic acid groups (broad SMARTS) is 1. The van der Waals surface area contributed by atoms with Crippen molar-refractivity contribution in [1.29, 1.82) is 0 Å². The van der Waals surface area contributed by atoms with Gasteiger partial charge in [0.15, 0.2) is 5.75 Å². The van der Waals surface area contributed by atoms with Crippen LogP contribution in [-0.4, -0.2) is 28.0 Å². The molecule has 0 aromatic heterocycles. The molecule has 0 saturated heterocycles. The van der Waals surface area contributed by atoms with E-state index in [4.69, 9.17) is 14.6 Å². The number of benzene rings is 2. The topological polar surface area (TPSA) is 142 Å². The monoisotopic (exact) mass is 374 g/mol. The summed E-state index contributed by atoms with van der Waals surface area (Å²) in [4.78, 5) is 31.0. The van der Waals surface area contributed by atoms with Crippen LogP contribution >= 0.6 is 0 Å². The first-order valence-corrected chi connectivity index (χ1v) is 7.45. The molecule has 0 fully saturated rings. The minimum atomic E-state index is -1.11. The summed E-state index contributed by atoms with van der Waals surface area (Å²) in [6.45, 7) is -0.128. The quantitative estimate of drug-likeness (QED) is 0.422. The standard InChI is InChI=1S/C17H14N2O8/c1-26-15-5-2-11(3-7-17(20)21)8-12(15)10-27-16-6-4-13(18(22)23)9-14(16)19(24)25/h2-9H,10H2,1H3,(H,20,21). The van der Waals surface area contributed by atoms with Crippen LogP contribution in [0.3, 0.4) is 0 Å². The summed E-state index contributed by atoms with van der Waals surface area (Å²) in [7, 11) is 1.43. The lowest BCUT2D eigenvalue weighted by molar-refractivity contribution is -0.394. The van der Waals surface area contributed by atoms with Gasteiger partial charge in [0.2, 0.25) is 0 Å². The van der Waals surface area contributed by atoms with Crippen LogP contribution in [-0.2, 0) is 11.4 Å². The minimum absolute atomic E-state index is 0.128. The molecule has 0 bridgehead atoms. The number of hydrogen-bond donors (Lipinski definition) is 1. The lowest BCUT2D eigenvalue weighted by atomic mass is 10.1. The Morgan fingerprint density at radius 1 is 1.11 bits per heavy atom. The zero-order valence-corrected chi connectivity index (χ0v) is 14.0. The summed E-state index contributed by atoms with van der Waals surface area (Å²) < 4.78 is 10.7. The van der Waals surface area contributed by atoms with Crippen molar-refractivity contribution < 1.29 is 29.2 Å². The minimum Gasteiger partial charge on any atom is -0.496 e. The van der Waals surface area contributed by atoms with E-state index in [9.17, 15) is 25.0 Å². The van der Waals surface area contributed by atoms with Crippen LogP contribution in [0, 0.1) is 20.2 Å². The van der Waals surface area contributed by atoms with Gasteiger partial charge in [0.05, 0.1) is 23.0 Å². The molecule has 0 radical (unpaired) electrons. The Hall–Kier alpha value is -3.95. The normalized spacial score (nSPS) is 10.6. The van der Waals surface area contributed by atoms with Crippen LogP contribution in [0.2, 0.25) is 0 Å². The first-order chi connectivity index (χ1) is 12.8. The fraction of sp³-hybridized carbons (Fsp3) is 0.118. The van der Waals surface area contributed by atoms with Gasteiger partial charge in [-0.25, -0.2) is 4.79 Å². The highest BCUT2D eigenvalue weighted by molar-refractivity contribution is 5.85. The summed E-state index contributed by atoms with van der Waals surface area (Å²) in [5.41, 5.74) is 0.116. The molecule has 0 amide bonds. The van der Waals surface area contributed by atoms with Gasteiger partial charge in [-0.15, -0.1) is 0 Å². The summed E-state index contributed by atoms with van der Waals surface area (Å²) in [6.07, 6.45) is 2.34. The average Bonchev–Trinajstić information content (AvgIpc) is 2.64. The number of nitrogens with zero attached hydrogens (tertiary/aromatic N) is 2. The van der Waals surface area contributed by atoms with Crippen molar-refractivity contribution in [3.8, 4) is 11.5 Å². The van der Waals surface area contributed by atoms with Crippen molar-refractivity contribution in [1.82, 2.24) is 0 Å². The number of hydrogen-bond acceptors (Lipinski definition) is 7. The number of rotatable bonds is 8. The maximum Gasteiger partial charge on any atom is 0.328 e. The number of methoxy groups -OCH3 is 1. The van der Waals surface area contributed by atoms with Crippen molar-refractivity contribution in [3.05, 3.63) is 73.8 Å². The fourth-order valence-electron chi connectivity index (χ4n) is 2.22. The third-order valence-electron chi connectivity index (χ3n) is 3.46. The van der Waals surface area contributed by atoms with E-state index in [0.29, 0.717) is 16.9 Å². The van der Waals surface area contributed by atoms with Gasteiger partial charge in [-0.2, -0.15) is 0 Å². The van der Waals surface area contributed by atoms with Gasteiger partial charge in [0, 0.05) is 17.7 Å². The number of carboxylic acids is 1. The van der Waals surface area contributed by atoms with Crippen molar-refractivity contribution in [2.45, 2.75) is 6.61 Å². The number of ether oxygens (including phenoxy) is 2. The number of carbonyl (C=O) groups is 1. The van der Waals surface area contributed by atoms with Gasteiger partial charge in [-0.1, -0.05) is 6.07 Å². The molecular formula is C17H14N2O8. The third-order valence-corrected chi connectivity index (χ3v) is 3.46. The number of nitro groups is 2. The molecule has 0 aliphatic heterocycles. The second kappa shape index (κ2) is 8.43. The highest BCUT2D eigenvalue weighted by Gasteiger charge is 2.21. The van der Waals surface area contributed by atoms with Crippen molar-refractivity contribution in [2.24, 2.45) is 0 Å². The van der Waals surface area contributed by atoms with Crippen LogP contribution in [0.15, 0.2) is 42.5 Å².